The summed E-state index contributed by atoms with van der Waals surface area (Å²) in [6.45, 7) is 1.89. The Labute approximate surface area is 190 Å². The molecule has 0 aliphatic heterocycles. The second-order valence-corrected chi connectivity index (χ2v) is 7.67. The Bertz CT molecular complexity index is 1470. The Balaban J connectivity index is 1.76. The average Bonchev–Trinajstić information content (AvgIpc) is 2.76. The SMILES string of the molecule is CCCc1cc(F)c2c(F)c(-c3ccc(C#Cc4cc(F)c(F)c(F)c4)c(F)c3)c(F)cc2c1. The fraction of sp³-hybridized carbons (Fsp3) is 0.111. The van der Waals surface area contributed by atoms with E-state index in [1.54, 1.807) is 0 Å². The molecule has 4 rings (SSSR count). The van der Waals surface area contributed by atoms with Gasteiger partial charge in [0.15, 0.2) is 17.5 Å². The number of fused-ring (bicyclic) bond motifs is 1. The standard InChI is InChI=1S/C27H15F7/c1-2-3-14-8-18-13-21(30)24(27(34)25(18)20(29)9-14)17-7-6-16(19(28)12-17)5-4-15-10-22(31)26(33)23(32)11-15/h6-13H,2-3H2,1H3. The molecule has 0 aromatic heterocycles. The molecule has 0 saturated carbocycles. The van der Waals surface area contributed by atoms with Crippen LogP contribution in [0.1, 0.15) is 30.0 Å². The Morgan fingerprint density at radius 1 is 0.647 bits per heavy atom. The predicted octanol–water partition coefficient (Wildman–Crippen LogP) is 7.83. The maximum Gasteiger partial charge on any atom is 0.194 e. The number of rotatable bonds is 3. The lowest BCUT2D eigenvalue weighted by Gasteiger charge is -2.11. The van der Waals surface area contributed by atoms with Gasteiger partial charge in [-0.1, -0.05) is 37.3 Å². The Kier molecular flexibility index (Phi) is 6.34. The Hall–Kier alpha value is -3.79. The normalized spacial score (nSPS) is 10.9. The summed E-state index contributed by atoms with van der Waals surface area (Å²) in [7, 11) is 0. The molecule has 0 bridgehead atoms. The van der Waals surface area contributed by atoms with Crippen LogP contribution in [0, 0.1) is 52.6 Å². The third-order valence-corrected chi connectivity index (χ3v) is 5.26. The molecule has 0 heterocycles. The zero-order valence-corrected chi connectivity index (χ0v) is 17.7. The molecule has 0 amide bonds. The minimum Gasteiger partial charge on any atom is -0.206 e. The van der Waals surface area contributed by atoms with E-state index in [1.807, 2.05) is 6.92 Å². The van der Waals surface area contributed by atoms with E-state index in [0.29, 0.717) is 24.1 Å². The molecule has 0 spiro atoms. The van der Waals surface area contributed by atoms with Gasteiger partial charge in [0.25, 0.3) is 0 Å². The summed E-state index contributed by atoms with van der Waals surface area (Å²) in [4.78, 5) is 0. The highest BCUT2D eigenvalue weighted by molar-refractivity contribution is 5.89. The number of benzene rings is 4. The molecule has 0 aliphatic rings. The second kappa shape index (κ2) is 9.22. The van der Waals surface area contributed by atoms with Gasteiger partial charge in [-0.3, -0.25) is 0 Å². The minimum atomic E-state index is -1.65. The van der Waals surface area contributed by atoms with Gasteiger partial charge in [0.2, 0.25) is 0 Å². The first kappa shape index (κ1) is 23.4. The van der Waals surface area contributed by atoms with Gasteiger partial charge < -0.3 is 0 Å². The largest absolute Gasteiger partial charge is 0.206 e. The van der Waals surface area contributed by atoms with Crippen molar-refractivity contribution < 1.29 is 30.7 Å². The van der Waals surface area contributed by atoms with Crippen LogP contribution in [0.3, 0.4) is 0 Å². The van der Waals surface area contributed by atoms with Crippen LogP contribution in [0.25, 0.3) is 21.9 Å². The number of halogens is 7. The van der Waals surface area contributed by atoms with Gasteiger partial charge in [-0.2, -0.15) is 0 Å². The van der Waals surface area contributed by atoms with E-state index in [1.165, 1.54) is 18.2 Å². The zero-order chi connectivity index (χ0) is 24.6. The molecule has 172 valence electrons. The molecular weight excluding hydrogens is 457 g/mol. The van der Waals surface area contributed by atoms with Gasteiger partial charge in [-0.15, -0.1) is 0 Å². The summed E-state index contributed by atoms with van der Waals surface area (Å²) in [5.41, 5.74) is -0.643. The topological polar surface area (TPSA) is 0 Å². The first-order valence-corrected chi connectivity index (χ1v) is 10.3. The summed E-state index contributed by atoms with van der Waals surface area (Å²) in [5.74, 6) is -3.87. The van der Waals surface area contributed by atoms with Gasteiger partial charge in [-0.05, 0) is 59.3 Å². The third kappa shape index (κ3) is 4.36. The van der Waals surface area contributed by atoms with Crippen molar-refractivity contribution in [1.29, 1.82) is 0 Å². The van der Waals surface area contributed by atoms with Crippen molar-refractivity contribution in [3.63, 3.8) is 0 Å². The van der Waals surface area contributed by atoms with Crippen LogP contribution in [-0.2, 0) is 6.42 Å². The number of hydrogen-bond acceptors (Lipinski definition) is 0. The molecule has 0 nitrogen and oxygen atoms in total. The smallest absolute Gasteiger partial charge is 0.194 e. The molecule has 0 N–H and O–H groups in total. The maximum atomic E-state index is 15.2. The molecule has 7 heteroatoms. The van der Waals surface area contributed by atoms with Crippen molar-refractivity contribution in [3.8, 4) is 23.0 Å². The van der Waals surface area contributed by atoms with Gasteiger partial charge >= 0.3 is 0 Å². The van der Waals surface area contributed by atoms with Crippen molar-refractivity contribution in [2.45, 2.75) is 19.8 Å². The quantitative estimate of drug-likeness (QED) is 0.162. The van der Waals surface area contributed by atoms with E-state index in [4.69, 9.17) is 0 Å². The van der Waals surface area contributed by atoms with Crippen LogP contribution in [0.15, 0.2) is 48.5 Å². The Morgan fingerprint density at radius 2 is 1.35 bits per heavy atom. The van der Waals surface area contributed by atoms with Gasteiger partial charge in [0.1, 0.15) is 23.3 Å². The van der Waals surface area contributed by atoms with Crippen molar-refractivity contribution in [1.82, 2.24) is 0 Å². The molecule has 0 aliphatic carbocycles. The molecule has 0 atom stereocenters. The van der Waals surface area contributed by atoms with Crippen LogP contribution < -0.4 is 0 Å². The highest BCUT2D eigenvalue weighted by Gasteiger charge is 2.20. The molecule has 0 saturated heterocycles. The molecule has 0 radical (unpaired) electrons. The van der Waals surface area contributed by atoms with E-state index in [0.717, 1.165) is 24.6 Å². The van der Waals surface area contributed by atoms with Crippen LogP contribution in [0.2, 0.25) is 0 Å². The molecule has 4 aromatic carbocycles. The summed E-state index contributed by atoms with van der Waals surface area (Å²) in [6, 6.07) is 8.14. The first-order valence-electron chi connectivity index (χ1n) is 10.3. The third-order valence-electron chi connectivity index (χ3n) is 5.26. The van der Waals surface area contributed by atoms with Crippen molar-refractivity contribution in [3.05, 3.63) is 106 Å². The number of hydrogen-bond donors (Lipinski definition) is 0. The van der Waals surface area contributed by atoms with Crippen LogP contribution in [0.4, 0.5) is 30.7 Å². The van der Waals surface area contributed by atoms with E-state index in [-0.39, 0.29) is 22.1 Å². The van der Waals surface area contributed by atoms with Gasteiger partial charge in [0.05, 0.1) is 16.5 Å². The summed E-state index contributed by atoms with van der Waals surface area (Å²) in [5, 5.41) is -0.343. The average molecular weight is 472 g/mol. The van der Waals surface area contributed by atoms with Crippen LogP contribution in [-0.4, -0.2) is 0 Å². The second-order valence-electron chi connectivity index (χ2n) is 7.67. The van der Waals surface area contributed by atoms with Crippen LogP contribution >= 0.6 is 0 Å². The monoisotopic (exact) mass is 472 g/mol. The molecule has 4 aromatic rings. The van der Waals surface area contributed by atoms with Crippen LogP contribution in [0.5, 0.6) is 0 Å². The summed E-state index contributed by atoms with van der Waals surface area (Å²) in [6.07, 6.45) is 1.27. The van der Waals surface area contributed by atoms with Crippen molar-refractivity contribution in [2.75, 3.05) is 0 Å². The van der Waals surface area contributed by atoms with E-state index >= 15 is 4.39 Å². The fourth-order valence-corrected chi connectivity index (χ4v) is 3.71. The van der Waals surface area contributed by atoms with E-state index in [2.05, 4.69) is 11.8 Å². The molecular formula is C27H15F7. The minimum absolute atomic E-state index is 0.0592. The zero-order valence-electron chi connectivity index (χ0n) is 17.7. The van der Waals surface area contributed by atoms with E-state index in [9.17, 15) is 26.3 Å². The van der Waals surface area contributed by atoms with Crippen molar-refractivity contribution >= 4 is 10.8 Å². The highest BCUT2D eigenvalue weighted by atomic mass is 19.2. The lowest BCUT2D eigenvalue weighted by Crippen LogP contribution is -1.97. The summed E-state index contributed by atoms with van der Waals surface area (Å²) >= 11 is 0. The Morgan fingerprint density at radius 3 is 2.00 bits per heavy atom. The lowest BCUT2D eigenvalue weighted by molar-refractivity contribution is 0.446. The first-order chi connectivity index (χ1) is 16.2. The lowest BCUT2D eigenvalue weighted by atomic mass is 9.96. The van der Waals surface area contributed by atoms with E-state index < -0.39 is 51.7 Å². The molecule has 0 fully saturated rings. The molecule has 34 heavy (non-hydrogen) atoms. The summed E-state index contributed by atoms with van der Waals surface area (Å²) < 4.78 is 98.9. The number of aryl methyl sites for hydroxylation is 1. The predicted molar refractivity (Wildman–Crippen MR) is 116 cm³/mol. The van der Waals surface area contributed by atoms with Gasteiger partial charge in [0, 0.05) is 5.56 Å². The maximum absolute atomic E-state index is 15.2. The van der Waals surface area contributed by atoms with Gasteiger partial charge in [-0.25, -0.2) is 30.7 Å². The fourth-order valence-electron chi connectivity index (χ4n) is 3.71. The molecule has 0 unspecified atom stereocenters. The van der Waals surface area contributed by atoms with Crippen molar-refractivity contribution in [2.24, 2.45) is 0 Å². The highest BCUT2D eigenvalue weighted by Crippen LogP contribution is 2.34.